The first kappa shape index (κ1) is 14.0. The molecule has 0 radical (unpaired) electrons. The van der Waals surface area contributed by atoms with Gasteiger partial charge in [-0.2, -0.15) is 0 Å². The molecule has 104 valence electrons. The van der Waals surface area contributed by atoms with Crippen molar-refractivity contribution in [3.8, 4) is 16.9 Å². The zero-order valence-corrected chi connectivity index (χ0v) is 10.6. The van der Waals surface area contributed by atoms with Gasteiger partial charge >= 0.3 is 5.97 Å². The lowest BCUT2D eigenvalue weighted by Crippen LogP contribution is -2.07. The van der Waals surface area contributed by atoms with Gasteiger partial charge in [0.2, 0.25) is 0 Å². The minimum atomic E-state index is -1.06. The predicted molar refractivity (Wildman–Crippen MR) is 69.5 cm³/mol. The fourth-order valence-electron chi connectivity index (χ4n) is 1.88. The normalized spacial score (nSPS) is 12.2. The fraction of sp³-hybridized carbons (Fsp3) is 0.133. The maximum atomic E-state index is 14.0. The van der Waals surface area contributed by atoms with Gasteiger partial charge in [-0.05, 0) is 30.7 Å². The molecule has 2 rings (SSSR count). The molecule has 20 heavy (non-hydrogen) atoms. The Morgan fingerprint density at radius 2 is 1.60 bits per heavy atom. The second-order valence-electron chi connectivity index (χ2n) is 4.46. The summed E-state index contributed by atoms with van der Waals surface area (Å²) in [6.45, 7) is 1.44. The third kappa shape index (κ3) is 2.61. The Hall–Kier alpha value is -2.43. The smallest absolute Gasteiger partial charge is 0.310 e. The third-order valence-electron chi connectivity index (χ3n) is 3.11. The summed E-state index contributed by atoms with van der Waals surface area (Å²) in [6.07, 6.45) is 0. The van der Waals surface area contributed by atoms with E-state index in [1.807, 2.05) is 0 Å². The topological polar surface area (TPSA) is 57.5 Å². The number of phenolic OH excluding ortho intramolecular Hbond substituents is 1. The fourth-order valence-corrected chi connectivity index (χ4v) is 1.88. The number of halogens is 2. The molecule has 3 nitrogen and oxygen atoms in total. The molecule has 1 atom stereocenters. The Morgan fingerprint density at radius 3 is 2.10 bits per heavy atom. The van der Waals surface area contributed by atoms with Crippen LogP contribution in [0.4, 0.5) is 8.78 Å². The van der Waals surface area contributed by atoms with Gasteiger partial charge in [-0.15, -0.1) is 0 Å². The lowest BCUT2D eigenvalue weighted by Gasteiger charge is -2.10. The molecular formula is C15H12F2O3. The SMILES string of the molecule is CC(C(=O)O)c1ccc(-c2ccc(O)cc2F)c(F)c1. The van der Waals surface area contributed by atoms with Gasteiger partial charge in [0.25, 0.3) is 0 Å². The monoisotopic (exact) mass is 278 g/mol. The van der Waals surface area contributed by atoms with E-state index in [0.717, 1.165) is 12.1 Å². The van der Waals surface area contributed by atoms with Crippen LogP contribution in [0, 0.1) is 11.6 Å². The van der Waals surface area contributed by atoms with Crippen molar-refractivity contribution < 1.29 is 23.8 Å². The van der Waals surface area contributed by atoms with Crippen molar-refractivity contribution in [2.45, 2.75) is 12.8 Å². The van der Waals surface area contributed by atoms with E-state index in [4.69, 9.17) is 10.2 Å². The van der Waals surface area contributed by atoms with Crippen LogP contribution in [-0.4, -0.2) is 16.2 Å². The molecule has 2 aromatic carbocycles. The Balaban J connectivity index is 2.47. The van der Waals surface area contributed by atoms with Crippen LogP contribution in [0.25, 0.3) is 11.1 Å². The van der Waals surface area contributed by atoms with Gasteiger partial charge in [0, 0.05) is 17.2 Å². The summed E-state index contributed by atoms with van der Waals surface area (Å²) in [4.78, 5) is 10.8. The van der Waals surface area contributed by atoms with Crippen LogP contribution in [0.15, 0.2) is 36.4 Å². The molecule has 0 saturated heterocycles. The van der Waals surface area contributed by atoms with Gasteiger partial charge in [-0.3, -0.25) is 4.79 Å². The second kappa shape index (κ2) is 5.28. The third-order valence-corrected chi connectivity index (χ3v) is 3.11. The molecule has 1 unspecified atom stereocenters. The van der Waals surface area contributed by atoms with E-state index in [-0.39, 0.29) is 16.9 Å². The van der Waals surface area contributed by atoms with E-state index in [9.17, 15) is 13.6 Å². The van der Waals surface area contributed by atoms with Gasteiger partial charge in [-0.1, -0.05) is 12.1 Å². The molecule has 0 spiro atoms. The average Bonchev–Trinajstić information content (AvgIpc) is 2.38. The standard InChI is InChI=1S/C15H12F2O3/c1-8(15(19)20)9-2-4-11(13(16)6-9)12-5-3-10(18)7-14(12)17/h2-8,18H,1H3,(H,19,20). The van der Waals surface area contributed by atoms with Gasteiger partial charge in [-0.25, -0.2) is 8.78 Å². The Morgan fingerprint density at radius 1 is 1.05 bits per heavy atom. The quantitative estimate of drug-likeness (QED) is 0.903. The summed E-state index contributed by atoms with van der Waals surface area (Å²) in [5, 5.41) is 18.0. The van der Waals surface area contributed by atoms with Gasteiger partial charge < -0.3 is 10.2 Å². The average molecular weight is 278 g/mol. The van der Waals surface area contributed by atoms with Crippen molar-refractivity contribution in [2.24, 2.45) is 0 Å². The number of rotatable bonds is 3. The predicted octanol–water partition coefficient (Wildman–Crippen LogP) is 3.53. The summed E-state index contributed by atoms with van der Waals surface area (Å²) in [5.74, 6) is -3.61. The first-order valence-electron chi connectivity index (χ1n) is 5.91. The van der Waals surface area contributed by atoms with Crippen LogP contribution < -0.4 is 0 Å². The van der Waals surface area contributed by atoms with Gasteiger partial charge in [0.05, 0.1) is 5.92 Å². The van der Waals surface area contributed by atoms with Crippen molar-refractivity contribution in [2.75, 3.05) is 0 Å². The first-order chi connectivity index (χ1) is 9.40. The Kier molecular flexibility index (Phi) is 3.70. The summed E-state index contributed by atoms with van der Waals surface area (Å²) in [7, 11) is 0. The maximum absolute atomic E-state index is 14.0. The zero-order valence-electron chi connectivity index (χ0n) is 10.6. The molecule has 2 N–H and O–H groups in total. The number of aromatic hydroxyl groups is 1. The van der Waals surface area contributed by atoms with Crippen LogP contribution in [-0.2, 0) is 4.79 Å². The van der Waals surface area contributed by atoms with Gasteiger partial charge in [0.15, 0.2) is 0 Å². The molecule has 0 fully saturated rings. The summed E-state index contributed by atoms with van der Waals surface area (Å²) in [6, 6.07) is 7.28. The van der Waals surface area contributed by atoms with E-state index >= 15 is 0 Å². The molecule has 0 aliphatic rings. The molecule has 5 heteroatoms. The second-order valence-corrected chi connectivity index (χ2v) is 4.46. The number of carboxylic acids is 1. The summed E-state index contributed by atoms with van der Waals surface area (Å²) < 4.78 is 27.7. The largest absolute Gasteiger partial charge is 0.508 e. The number of carboxylic acid groups (broad SMARTS) is 1. The molecular weight excluding hydrogens is 266 g/mol. The molecule has 0 bridgehead atoms. The molecule has 0 amide bonds. The molecule has 0 saturated carbocycles. The minimum Gasteiger partial charge on any atom is -0.508 e. The van der Waals surface area contributed by atoms with Crippen LogP contribution >= 0.6 is 0 Å². The number of hydrogen-bond donors (Lipinski definition) is 2. The lowest BCUT2D eigenvalue weighted by molar-refractivity contribution is -0.138. The summed E-state index contributed by atoms with van der Waals surface area (Å²) >= 11 is 0. The molecule has 0 aromatic heterocycles. The van der Waals surface area contributed by atoms with Crippen LogP contribution in [0.2, 0.25) is 0 Å². The highest BCUT2D eigenvalue weighted by molar-refractivity contribution is 5.76. The summed E-state index contributed by atoms with van der Waals surface area (Å²) in [5.41, 5.74) is 0.330. The molecule has 2 aromatic rings. The van der Waals surface area contributed by atoms with Crippen molar-refractivity contribution in [3.63, 3.8) is 0 Å². The van der Waals surface area contributed by atoms with Crippen molar-refractivity contribution >= 4 is 5.97 Å². The number of carbonyl (C=O) groups is 1. The highest BCUT2D eigenvalue weighted by Crippen LogP contribution is 2.30. The van der Waals surface area contributed by atoms with Crippen LogP contribution in [0.5, 0.6) is 5.75 Å². The molecule has 0 aliphatic heterocycles. The Bertz CT molecular complexity index is 668. The van der Waals surface area contributed by atoms with E-state index in [1.54, 1.807) is 0 Å². The highest BCUT2D eigenvalue weighted by atomic mass is 19.1. The molecule has 0 aliphatic carbocycles. The number of phenols is 1. The van der Waals surface area contributed by atoms with E-state index in [1.165, 1.54) is 31.2 Å². The maximum Gasteiger partial charge on any atom is 0.310 e. The number of benzene rings is 2. The minimum absolute atomic E-state index is 0.00910. The highest BCUT2D eigenvalue weighted by Gasteiger charge is 2.17. The van der Waals surface area contributed by atoms with Gasteiger partial charge in [0.1, 0.15) is 17.4 Å². The molecule has 0 heterocycles. The number of aliphatic carboxylic acids is 1. The van der Waals surface area contributed by atoms with E-state index in [0.29, 0.717) is 5.56 Å². The van der Waals surface area contributed by atoms with Crippen LogP contribution in [0.1, 0.15) is 18.4 Å². The van der Waals surface area contributed by atoms with Crippen molar-refractivity contribution in [3.05, 3.63) is 53.6 Å². The number of hydrogen-bond acceptors (Lipinski definition) is 2. The van der Waals surface area contributed by atoms with Crippen molar-refractivity contribution in [1.82, 2.24) is 0 Å². The van der Waals surface area contributed by atoms with Crippen LogP contribution in [0.3, 0.4) is 0 Å². The van der Waals surface area contributed by atoms with Crippen molar-refractivity contribution in [1.29, 1.82) is 0 Å². The first-order valence-corrected chi connectivity index (χ1v) is 5.91. The zero-order chi connectivity index (χ0) is 14.9. The van der Waals surface area contributed by atoms with E-state index < -0.39 is 23.5 Å². The lowest BCUT2D eigenvalue weighted by atomic mass is 9.97. The Labute approximate surface area is 114 Å². The van der Waals surface area contributed by atoms with E-state index in [2.05, 4.69) is 0 Å².